The topological polar surface area (TPSA) is 109 Å². The van der Waals surface area contributed by atoms with E-state index in [4.69, 9.17) is 4.98 Å². The number of nitrogens with one attached hydrogen (secondary N) is 2. The van der Waals surface area contributed by atoms with E-state index in [-0.39, 0.29) is 17.6 Å². The monoisotopic (exact) mass is 498 g/mol. The van der Waals surface area contributed by atoms with Crippen molar-refractivity contribution in [1.29, 1.82) is 0 Å². The average Bonchev–Trinajstić information content (AvgIpc) is 3.43. The second kappa shape index (κ2) is 8.81. The lowest BCUT2D eigenvalue weighted by Crippen LogP contribution is -2.55. The van der Waals surface area contributed by atoms with Gasteiger partial charge in [-0.3, -0.25) is 14.9 Å². The first-order chi connectivity index (χ1) is 17.9. The standard InChI is InChI=1S/C27H23FN6O3/c28-19-8-4-5-17(13-19)16-34-23-21(15-29-34)20(14-22(30-23)18-6-2-1-3-7-18)24(35)33-11-9-27(10-12-33)25(36)31-26(37)32-27/h1-8,13-15H,9-12,16H2,(H2,31,32,36,37). The molecule has 2 aromatic carbocycles. The number of hydrogen-bond donors (Lipinski definition) is 2. The van der Waals surface area contributed by atoms with Crippen molar-refractivity contribution in [2.24, 2.45) is 0 Å². The molecule has 0 aliphatic carbocycles. The van der Waals surface area contributed by atoms with Crippen LogP contribution in [0.15, 0.2) is 66.9 Å². The van der Waals surface area contributed by atoms with Crippen molar-refractivity contribution in [1.82, 2.24) is 30.3 Å². The fourth-order valence-corrected chi connectivity index (χ4v) is 5.05. The fraction of sp³-hybridized carbons (Fsp3) is 0.222. The van der Waals surface area contributed by atoms with E-state index < -0.39 is 11.6 Å². The molecule has 9 nitrogen and oxygen atoms in total. The number of imide groups is 1. The largest absolute Gasteiger partial charge is 0.338 e. The van der Waals surface area contributed by atoms with Crippen molar-refractivity contribution >= 4 is 28.9 Å². The van der Waals surface area contributed by atoms with Gasteiger partial charge in [0.05, 0.1) is 29.4 Å². The summed E-state index contributed by atoms with van der Waals surface area (Å²) in [5.41, 5.74) is 2.19. The molecule has 10 heteroatoms. The Balaban J connectivity index is 1.37. The number of piperidine rings is 1. The van der Waals surface area contributed by atoms with Crippen LogP contribution in [-0.4, -0.2) is 56.1 Å². The number of pyridine rings is 1. The van der Waals surface area contributed by atoms with Crippen LogP contribution in [0, 0.1) is 5.82 Å². The van der Waals surface area contributed by atoms with E-state index in [1.807, 2.05) is 36.4 Å². The number of carbonyl (C=O) groups is 3. The maximum absolute atomic E-state index is 13.8. The number of rotatable bonds is 4. The van der Waals surface area contributed by atoms with Gasteiger partial charge in [0.15, 0.2) is 5.65 Å². The number of halogens is 1. The Labute approximate surface area is 211 Å². The number of urea groups is 1. The molecule has 2 aliphatic rings. The summed E-state index contributed by atoms with van der Waals surface area (Å²) in [5.74, 6) is -0.881. The highest BCUT2D eigenvalue weighted by atomic mass is 19.1. The molecule has 0 atom stereocenters. The van der Waals surface area contributed by atoms with Gasteiger partial charge in [-0.05, 0) is 36.6 Å². The Bertz CT molecular complexity index is 1540. The molecular formula is C27H23FN6O3. The minimum absolute atomic E-state index is 0.200. The SMILES string of the molecule is O=C1NC(=O)C2(CCN(C(=O)c3cc(-c4ccccc4)nc4c3cnn4Cc3cccc(F)c3)CC2)N1. The van der Waals surface area contributed by atoms with Crippen molar-refractivity contribution in [3.8, 4) is 11.3 Å². The van der Waals surface area contributed by atoms with Gasteiger partial charge in [0, 0.05) is 18.7 Å². The summed E-state index contributed by atoms with van der Waals surface area (Å²) >= 11 is 0. The Morgan fingerprint density at radius 2 is 1.81 bits per heavy atom. The first kappa shape index (κ1) is 22.8. The smallest absolute Gasteiger partial charge is 0.322 e. The van der Waals surface area contributed by atoms with Crippen LogP contribution in [-0.2, 0) is 11.3 Å². The molecule has 186 valence electrons. The number of nitrogens with zero attached hydrogens (tertiary/aromatic N) is 4. The van der Waals surface area contributed by atoms with Gasteiger partial charge in [-0.25, -0.2) is 18.9 Å². The third kappa shape index (κ3) is 4.10. The van der Waals surface area contributed by atoms with Gasteiger partial charge < -0.3 is 10.2 Å². The molecule has 0 unspecified atom stereocenters. The molecule has 37 heavy (non-hydrogen) atoms. The summed E-state index contributed by atoms with van der Waals surface area (Å²) < 4.78 is 15.4. The molecular weight excluding hydrogens is 475 g/mol. The Hall–Kier alpha value is -4.60. The molecule has 0 radical (unpaired) electrons. The highest BCUT2D eigenvalue weighted by molar-refractivity contribution is 6.08. The van der Waals surface area contributed by atoms with E-state index in [9.17, 15) is 18.8 Å². The Morgan fingerprint density at radius 1 is 1.03 bits per heavy atom. The molecule has 2 saturated heterocycles. The predicted octanol–water partition coefficient (Wildman–Crippen LogP) is 3.10. The van der Waals surface area contributed by atoms with Gasteiger partial charge in [-0.1, -0.05) is 42.5 Å². The lowest BCUT2D eigenvalue weighted by molar-refractivity contribution is -0.125. The number of carbonyl (C=O) groups excluding carboxylic acids is 3. The van der Waals surface area contributed by atoms with Crippen LogP contribution in [0.4, 0.5) is 9.18 Å². The maximum atomic E-state index is 13.8. The molecule has 2 aliphatic heterocycles. The summed E-state index contributed by atoms with van der Waals surface area (Å²) in [7, 11) is 0. The number of aromatic nitrogens is 3. The van der Waals surface area contributed by atoms with Gasteiger partial charge >= 0.3 is 6.03 Å². The Kier molecular flexibility index (Phi) is 5.44. The van der Waals surface area contributed by atoms with Gasteiger partial charge in [-0.15, -0.1) is 0 Å². The van der Waals surface area contributed by atoms with Gasteiger partial charge in [0.1, 0.15) is 11.4 Å². The van der Waals surface area contributed by atoms with Crippen molar-refractivity contribution in [3.05, 3.63) is 83.8 Å². The summed E-state index contributed by atoms with van der Waals surface area (Å²) in [6.45, 7) is 0.921. The zero-order valence-electron chi connectivity index (χ0n) is 19.8. The molecule has 0 saturated carbocycles. The van der Waals surface area contributed by atoms with Crippen LogP contribution >= 0.6 is 0 Å². The van der Waals surface area contributed by atoms with E-state index in [0.717, 1.165) is 11.1 Å². The quantitative estimate of drug-likeness (QED) is 0.421. The summed E-state index contributed by atoms with van der Waals surface area (Å²) in [5, 5.41) is 10.1. The van der Waals surface area contributed by atoms with E-state index in [2.05, 4.69) is 15.7 Å². The fourth-order valence-electron chi connectivity index (χ4n) is 5.05. The van der Waals surface area contributed by atoms with Crippen molar-refractivity contribution < 1.29 is 18.8 Å². The van der Waals surface area contributed by atoms with Crippen LogP contribution < -0.4 is 10.6 Å². The van der Waals surface area contributed by atoms with Crippen LogP contribution in [0.5, 0.6) is 0 Å². The van der Waals surface area contributed by atoms with Crippen molar-refractivity contribution in [2.75, 3.05) is 13.1 Å². The lowest BCUT2D eigenvalue weighted by Gasteiger charge is -2.37. The zero-order chi connectivity index (χ0) is 25.6. The Morgan fingerprint density at radius 3 is 2.51 bits per heavy atom. The first-order valence-electron chi connectivity index (χ1n) is 12.0. The molecule has 0 bridgehead atoms. The summed E-state index contributed by atoms with van der Waals surface area (Å²) in [6, 6.07) is 17.1. The van der Waals surface area contributed by atoms with Gasteiger partial charge in [0.2, 0.25) is 0 Å². The zero-order valence-corrected chi connectivity index (χ0v) is 19.8. The molecule has 2 aromatic heterocycles. The van der Waals surface area contributed by atoms with Gasteiger partial charge in [0.25, 0.3) is 11.8 Å². The lowest BCUT2D eigenvalue weighted by atomic mass is 9.87. The van der Waals surface area contributed by atoms with Crippen LogP contribution in [0.25, 0.3) is 22.3 Å². The first-order valence-corrected chi connectivity index (χ1v) is 12.0. The summed E-state index contributed by atoms with van der Waals surface area (Å²) in [4.78, 5) is 44.3. The van der Waals surface area contributed by atoms with E-state index in [0.29, 0.717) is 54.8 Å². The maximum Gasteiger partial charge on any atom is 0.322 e. The average molecular weight is 499 g/mol. The molecule has 1 spiro atoms. The molecule has 4 heterocycles. The summed E-state index contributed by atoms with van der Waals surface area (Å²) in [6.07, 6.45) is 2.27. The molecule has 2 fully saturated rings. The highest BCUT2D eigenvalue weighted by Gasteiger charge is 2.48. The number of fused-ring (bicyclic) bond motifs is 1. The number of likely N-dealkylation sites (tertiary alicyclic amines) is 1. The molecule has 6 rings (SSSR count). The molecule has 4 amide bonds. The predicted molar refractivity (Wildman–Crippen MR) is 133 cm³/mol. The highest BCUT2D eigenvalue weighted by Crippen LogP contribution is 2.30. The van der Waals surface area contributed by atoms with Crippen molar-refractivity contribution in [2.45, 2.75) is 24.9 Å². The number of benzene rings is 2. The van der Waals surface area contributed by atoms with Gasteiger partial charge in [-0.2, -0.15) is 5.10 Å². The normalized spacial score (nSPS) is 16.7. The minimum atomic E-state index is -0.966. The molecule has 4 aromatic rings. The van der Waals surface area contributed by atoms with Crippen molar-refractivity contribution in [3.63, 3.8) is 0 Å². The second-order valence-electron chi connectivity index (χ2n) is 9.37. The number of amides is 4. The third-order valence-corrected chi connectivity index (χ3v) is 7.05. The van der Waals surface area contributed by atoms with Crippen LogP contribution in [0.1, 0.15) is 28.8 Å². The van der Waals surface area contributed by atoms with E-state index in [1.165, 1.54) is 12.1 Å². The third-order valence-electron chi connectivity index (χ3n) is 7.05. The molecule has 2 N–H and O–H groups in total. The number of hydrogen-bond acceptors (Lipinski definition) is 5. The van der Waals surface area contributed by atoms with E-state index >= 15 is 0 Å². The van der Waals surface area contributed by atoms with Crippen LogP contribution in [0.2, 0.25) is 0 Å². The van der Waals surface area contributed by atoms with Crippen LogP contribution in [0.3, 0.4) is 0 Å². The minimum Gasteiger partial charge on any atom is -0.338 e. The van der Waals surface area contributed by atoms with E-state index in [1.54, 1.807) is 27.9 Å². The second-order valence-corrected chi connectivity index (χ2v) is 9.37.